The van der Waals surface area contributed by atoms with Gasteiger partial charge in [-0.25, -0.2) is 4.98 Å². The van der Waals surface area contributed by atoms with Gasteiger partial charge in [0.2, 0.25) is 0 Å². The summed E-state index contributed by atoms with van der Waals surface area (Å²) in [6, 6.07) is 7.92. The van der Waals surface area contributed by atoms with Crippen molar-refractivity contribution in [2.24, 2.45) is 0 Å². The molecule has 0 atom stereocenters. The second-order valence-corrected chi connectivity index (χ2v) is 5.07. The van der Waals surface area contributed by atoms with Crippen molar-refractivity contribution in [1.82, 2.24) is 9.55 Å². The monoisotopic (exact) mass is 275 g/mol. The molecule has 19 heavy (non-hydrogen) atoms. The van der Waals surface area contributed by atoms with E-state index in [-0.39, 0.29) is 5.56 Å². The second kappa shape index (κ2) is 5.05. The van der Waals surface area contributed by atoms with Gasteiger partial charge in [-0.2, -0.15) is 0 Å². The first-order chi connectivity index (χ1) is 9.25. The number of halogens is 1. The Hall–Kier alpha value is -1.81. The fourth-order valence-corrected chi connectivity index (χ4v) is 2.21. The van der Waals surface area contributed by atoms with E-state index in [4.69, 9.17) is 11.6 Å². The predicted molar refractivity (Wildman–Crippen MR) is 75.5 cm³/mol. The fraction of sp³-hybridized carbons (Fsp3) is 0.286. The molecular weight excluding hydrogens is 262 g/mol. The van der Waals surface area contributed by atoms with Crippen molar-refractivity contribution in [3.05, 3.63) is 57.6 Å². The normalized spacial score (nSPS) is 14.4. The molecule has 1 heterocycles. The maximum absolute atomic E-state index is 12.2. The van der Waals surface area contributed by atoms with Gasteiger partial charge in [0.1, 0.15) is 0 Å². The summed E-state index contributed by atoms with van der Waals surface area (Å²) in [5, 5.41) is 3.75. The van der Waals surface area contributed by atoms with E-state index in [0.29, 0.717) is 23.4 Å². The maximum atomic E-state index is 12.2. The van der Waals surface area contributed by atoms with Crippen LogP contribution in [0, 0.1) is 0 Å². The first-order valence-electron chi connectivity index (χ1n) is 6.30. The Balaban J connectivity index is 1.79. The van der Waals surface area contributed by atoms with Crippen LogP contribution < -0.4 is 10.9 Å². The molecule has 1 aliphatic carbocycles. The van der Waals surface area contributed by atoms with Crippen LogP contribution in [-0.4, -0.2) is 9.55 Å². The Labute approximate surface area is 116 Å². The van der Waals surface area contributed by atoms with Crippen LogP contribution in [0.2, 0.25) is 5.02 Å². The van der Waals surface area contributed by atoms with E-state index in [0.717, 1.165) is 18.4 Å². The van der Waals surface area contributed by atoms with E-state index in [1.807, 2.05) is 24.3 Å². The minimum absolute atomic E-state index is 0.0583. The van der Waals surface area contributed by atoms with Gasteiger partial charge in [-0.3, -0.25) is 4.79 Å². The molecule has 3 rings (SSSR count). The summed E-state index contributed by atoms with van der Waals surface area (Å²) >= 11 is 6.08. The molecule has 4 nitrogen and oxygen atoms in total. The molecule has 0 radical (unpaired) electrons. The van der Waals surface area contributed by atoms with Crippen LogP contribution in [0.15, 0.2) is 41.5 Å². The number of nitrogens with zero attached hydrogens (tertiary/aromatic N) is 2. The molecular formula is C14H14ClN3O. The van der Waals surface area contributed by atoms with E-state index >= 15 is 0 Å². The summed E-state index contributed by atoms with van der Waals surface area (Å²) in [5.74, 6) is 0.384. The third-order valence-electron chi connectivity index (χ3n) is 3.21. The lowest BCUT2D eigenvalue weighted by Gasteiger charge is -2.09. The lowest BCUT2D eigenvalue weighted by atomic mass is 10.2. The number of nitrogens with one attached hydrogen (secondary N) is 1. The van der Waals surface area contributed by atoms with Crippen molar-refractivity contribution in [2.75, 3.05) is 5.32 Å². The van der Waals surface area contributed by atoms with E-state index in [9.17, 15) is 4.79 Å². The van der Waals surface area contributed by atoms with Crippen LogP contribution in [0.25, 0.3) is 0 Å². The minimum Gasteiger partial charge on any atom is -0.361 e. The van der Waals surface area contributed by atoms with Gasteiger partial charge in [0.25, 0.3) is 5.56 Å². The zero-order valence-electron chi connectivity index (χ0n) is 10.3. The van der Waals surface area contributed by atoms with Crippen LogP contribution in [0.1, 0.15) is 24.4 Å². The predicted octanol–water partition coefficient (Wildman–Crippen LogP) is 2.84. The zero-order chi connectivity index (χ0) is 13.2. The average Bonchev–Trinajstić information content (AvgIpc) is 3.24. The zero-order valence-corrected chi connectivity index (χ0v) is 11.1. The molecule has 5 heteroatoms. The Kier molecular flexibility index (Phi) is 3.25. The van der Waals surface area contributed by atoms with E-state index in [1.54, 1.807) is 17.0 Å². The minimum atomic E-state index is -0.0583. The van der Waals surface area contributed by atoms with Crippen molar-refractivity contribution in [1.29, 1.82) is 0 Å². The molecule has 0 amide bonds. The summed E-state index contributed by atoms with van der Waals surface area (Å²) in [6.45, 7) is 0.497. The molecule has 1 aromatic heterocycles. The molecule has 98 valence electrons. The van der Waals surface area contributed by atoms with Crippen molar-refractivity contribution < 1.29 is 0 Å². The highest BCUT2D eigenvalue weighted by Gasteiger charge is 2.25. The average molecular weight is 276 g/mol. The van der Waals surface area contributed by atoms with Gasteiger partial charge in [-0.1, -0.05) is 29.8 Å². The number of anilines is 1. The second-order valence-electron chi connectivity index (χ2n) is 4.66. The van der Waals surface area contributed by atoms with Crippen LogP contribution >= 0.6 is 11.6 Å². The molecule has 0 unspecified atom stereocenters. The third kappa shape index (κ3) is 2.63. The third-order valence-corrected chi connectivity index (χ3v) is 3.58. The quantitative estimate of drug-likeness (QED) is 0.933. The van der Waals surface area contributed by atoms with Gasteiger partial charge in [0, 0.05) is 30.0 Å². The van der Waals surface area contributed by atoms with Gasteiger partial charge < -0.3 is 9.88 Å². The highest BCUT2D eigenvalue weighted by atomic mass is 35.5. The van der Waals surface area contributed by atoms with Gasteiger partial charge in [0.15, 0.2) is 5.82 Å². The Morgan fingerprint density at radius 3 is 2.89 bits per heavy atom. The smallest absolute Gasteiger partial charge is 0.293 e. The largest absolute Gasteiger partial charge is 0.361 e. The molecule has 0 bridgehead atoms. The van der Waals surface area contributed by atoms with Crippen LogP contribution in [0.3, 0.4) is 0 Å². The first kappa shape index (κ1) is 12.2. The van der Waals surface area contributed by atoms with E-state index < -0.39 is 0 Å². The SMILES string of the molecule is O=c1c(NCc2ccccc2Cl)nccn1C1CC1. The molecule has 1 saturated carbocycles. The number of hydrogen-bond acceptors (Lipinski definition) is 3. The van der Waals surface area contributed by atoms with Crippen molar-refractivity contribution in [2.45, 2.75) is 25.4 Å². The van der Waals surface area contributed by atoms with E-state index in [1.165, 1.54) is 0 Å². The highest BCUT2D eigenvalue weighted by Crippen LogP contribution is 2.33. The summed E-state index contributed by atoms with van der Waals surface area (Å²) < 4.78 is 1.75. The molecule has 0 aliphatic heterocycles. The lowest BCUT2D eigenvalue weighted by molar-refractivity contribution is 0.699. The fourth-order valence-electron chi connectivity index (χ4n) is 2.01. The summed E-state index contributed by atoms with van der Waals surface area (Å²) in [5.41, 5.74) is 0.893. The summed E-state index contributed by atoms with van der Waals surface area (Å²) in [7, 11) is 0. The van der Waals surface area contributed by atoms with Crippen LogP contribution in [0.5, 0.6) is 0 Å². The van der Waals surface area contributed by atoms with Crippen molar-refractivity contribution >= 4 is 17.4 Å². The summed E-state index contributed by atoms with van der Waals surface area (Å²) in [4.78, 5) is 16.3. The lowest BCUT2D eigenvalue weighted by Crippen LogP contribution is -2.23. The van der Waals surface area contributed by atoms with Crippen LogP contribution in [-0.2, 0) is 6.54 Å². The number of rotatable bonds is 4. The number of hydrogen-bond donors (Lipinski definition) is 1. The standard InChI is InChI=1S/C14H14ClN3O/c15-12-4-2-1-3-10(12)9-17-13-14(19)18(8-7-16-13)11-5-6-11/h1-4,7-8,11H,5-6,9H2,(H,16,17). The Bertz CT molecular complexity index is 649. The molecule has 0 spiro atoms. The first-order valence-corrected chi connectivity index (χ1v) is 6.68. The van der Waals surface area contributed by atoms with Crippen molar-refractivity contribution in [3.8, 4) is 0 Å². The molecule has 1 aliphatic rings. The number of benzene rings is 1. The number of aromatic nitrogens is 2. The van der Waals surface area contributed by atoms with Gasteiger partial charge >= 0.3 is 0 Å². The van der Waals surface area contributed by atoms with Crippen LogP contribution in [0.4, 0.5) is 5.82 Å². The summed E-state index contributed by atoms with van der Waals surface area (Å²) in [6.07, 6.45) is 5.57. The molecule has 1 fully saturated rings. The van der Waals surface area contributed by atoms with Gasteiger partial charge in [-0.15, -0.1) is 0 Å². The maximum Gasteiger partial charge on any atom is 0.293 e. The Morgan fingerprint density at radius 2 is 2.16 bits per heavy atom. The topological polar surface area (TPSA) is 46.9 Å². The molecule has 0 saturated heterocycles. The van der Waals surface area contributed by atoms with Gasteiger partial charge in [0.05, 0.1) is 0 Å². The van der Waals surface area contributed by atoms with E-state index in [2.05, 4.69) is 10.3 Å². The Morgan fingerprint density at radius 1 is 1.37 bits per heavy atom. The highest BCUT2D eigenvalue weighted by molar-refractivity contribution is 6.31. The van der Waals surface area contributed by atoms with Crippen molar-refractivity contribution in [3.63, 3.8) is 0 Å². The van der Waals surface area contributed by atoms with Gasteiger partial charge in [-0.05, 0) is 24.5 Å². The molecule has 1 N–H and O–H groups in total. The molecule has 2 aromatic rings. The molecule has 1 aromatic carbocycles.